The van der Waals surface area contributed by atoms with Gasteiger partial charge in [0.15, 0.2) is 0 Å². The molecule has 0 aromatic carbocycles. The van der Waals surface area contributed by atoms with Gasteiger partial charge in [0.1, 0.15) is 5.60 Å². The van der Waals surface area contributed by atoms with Crippen molar-refractivity contribution < 1.29 is 19.4 Å². The molecule has 3 N–H and O–H groups in total. The van der Waals surface area contributed by atoms with E-state index in [1.807, 2.05) is 0 Å². The van der Waals surface area contributed by atoms with Crippen molar-refractivity contribution in [1.29, 1.82) is 0 Å². The summed E-state index contributed by atoms with van der Waals surface area (Å²) in [5.74, 6) is -2.72. The average Bonchev–Trinajstić information content (AvgIpc) is 2.11. The Morgan fingerprint density at radius 3 is 2.06 bits per heavy atom. The molecule has 0 aliphatic heterocycles. The molecule has 5 heteroatoms. The van der Waals surface area contributed by atoms with Crippen LogP contribution in [0, 0.1) is 5.92 Å². The number of carbonyl (C=O) groups is 2. The van der Waals surface area contributed by atoms with Gasteiger partial charge in [0.25, 0.3) is 0 Å². The molecular formula is C11H21NO4. The van der Waals surface area contributed by atoms with E-state index in [0.717, 1.165) is 0 Å². The molecule has 0 amide bonds. The molecule has 0 saturated carbocycles. The molecular weight excluding hydrogens is 210 g/mol. The molecule has 0 rings (SSSR count). The first kappa shape index (κ1) is 14.9. The maximum absolute atomic E-state index is 11.8. The van der Waals surface area contributed by atoms with Crippen LogP contribution in [0.25, 0.3) is 0 Å². The number of carboxylic acids is 1. The quantitative estimate of drug-likeness (QED) is 0.559. The third-order valence-electron chi connectivity index (χ3n) is 2.48. The predicted molar refractivity (Wildman–Crippen MR) is 59.9 cm³/mol. The lowest BCUT2D eigenvalue weighted by molar-refractivity contribution is -0.171. The van der Waals surface area contributed by atoms with Gasteiger partial charge >= 0.3 is 11.9 Å². The number of rotatable bonds is 4. The topological polar surface area (TPSA) is 89.6 Å². The van der Waals surface area contributed by atoms with Crippen LogP contribution < -0.4 is 5.73 Å². The van der Waals surface area contributed by atoms with Gasteiger partial charge in [-0.05, 0) is 26.7 Å². The summed E-state index contributed by atoms with van der Waals surface area (Å²) in [7, 11) is 0. The van der Waals surface area contributed by atoms with Gasteiger partial charge in [0.2, 0.25) is 5.54 Å². The first-order valence-electron chi connectivity index (χ1n) is 5.31. The smallest absolute Gasteiger partial charge is 0.338 e. The number of hydrogen-bond donors (Lipinski definition) is 2. The van der Waals surface area contributed by atoms with Crippen LogP contribution in [-0.4, -0.2) is 28.2 Å². The molecule has 0 saturated heterocycles. The van der Waals surface area contributed by atoms with Gasteiger partial charge in [-0.1, -0.05) is 20.3 Å². The number of carboxylic acid groups (broad SMARTS) is 1. The molecule has 0 spiro atoms. The summed E-state index contributed by atoms with van der Waals surface area (Å²) < 4.78 is 5.04. The van der Waals surface area contributed by atoms with Crippen molar-refractivity contribution in [3.63, 3.8) is 0 Å². The van der Waals surface area contributed by atoms with E-state index in [0.29, 0.717) is 6.42 Å². The summed E-state index contributed by atoms with van der Waals surface area (Å²) in [4.78, 5) is 22.9. The summed E-state index contributed by atoms with van der Waals surface area (Å²) in [6.07, 6.45) is 0.488. The standard InChI is InChI=1S/C11H21NO4/c1-6-7(2)11(12,8(13)14)9(15)16-10(3,4)5/h7H,6,12H2,1-5H3,(H,13,14)/t7-,11-/m0/s1. The molecule has 0 aromatic heterocycles. The van der Waals surface area contributed by atoms with E-state index < -0.39 is 29.0 Å². The van der Waals surface area contributed by atoms with Crippen molar-refractivity contribution >= 4 is 11.9 Å². The SMILES string of the molecule is CC[C@H](C)[C@](N)(C(=O)O)C(=O)OC(C)(C)C. The van der Waals surface area contributed by atoms with Crippen LogP contribution in [0.2, 0.25) is 0 Å². The fourth-order valence-corrected chi connectivity index (χ4v) is 1.18. The van der Waals surface area contributed by atoms with Crippen LogP contribution in [0.4, 0.5) is 0 Å². The Balaban J connectivity index is 5.08. The lowest BCUT2D eigenvalue weighted by Crippen LogP contribution is -2.61. The fourth-order valence-electron chi connectivity index (χ4n) is 1.18. The molecule has 2 atom stereocenters. The number of esters is 1. The zero-order valence-corrected chi connectivity index (χ0v) is 10.5. The lowest BCUT2D eigenvalue weighted by Gasteiger charge is -2.31. The first-order valence-corrected chi connectivity index (χ1v) is 5.31. The third kappa shape index (κ3) is 3.20. The number of aliphatic carboxylic acids is 1. The van der Waals surface area contributed by atoms with E-state index in [1.54, 1.807) is 34.6 Å². The van der Waals surface area contributed by atoms with E-state index in [-0.39, 0.29) is 0 Å². The number of nitrogens with two attached hydrogens (primary N) is 1. The van der Waals surface area contributed by atoms with Crippen LogP contribution in [0.3, 0.4) is 0 Å². The maximum Gasteiger partial charge on any atom is 0.338 e. The Bertz CT molecular complexity index is 282. The van der Waals surface area contributed by atoms with Crippen LogP contribution in [0.5, 0.6) is 0 Å². The van der Waals surface area contributed by atoms with Crippen LogP contribution in [0.15, 0.2) is 0 Å². The average molecular weight is 231 g/mol. The van der Waals surface area contributed by atoms with E-state index >= 15 is 0 Å². The molecule has 0 aliphatic carbocycles. The Kier molecular flexibility index (Phi) is 4.49. The minimum absolute atomic E-state index is 0.486. The first-order chi connectivity index (χ1) is 7.05. The minimum atomic E-state index is -1.97. The van der Waals surface area contributed by atoms with E-state index in [9.17, 15) is 9.59 Å². The molecule has 0 bridgehead atoms. The van der Waals surface area contributed by atoms with Crippen molar-refractivity contribution in [2.75, 3.05) is 0 Å². The van der Waals surface area contributed by atoms with Gasteiger partial charge in [-0.2, -0.15) is 0 Å². The van der Waals surface area contributed by atoms with Crippen LogP contribution in [-0.2, 0) is 14.3 Å². The van der Waals surface area contributed by atoms with E-state index in [4.69, 9.17) is 15.6 Å². The third-order valence-corrected chi connectivity index (χ3v) is 2.48. The monoisotopic (exact) mass is 231 g/mol. The highest BCUT2D eigenvalue weighted by molar-refractivity contribution is 6.04. The second-order valence-corrected chi connectivity index (χ2v) is 4.99. The Labute approximate surface area is 96.0 Å². The molecule has 0 heterocycles. The van der Waals surface area contributed by atoms with E-state index in [2.05, 4.69) is 0 Å². The lowest BCUT2D eigenvalue weighted by atomic mass is 9.84. The van der Waals surface area contributed by atoms with Gasteiger partial charge in [-0.15, -0.1) is 0 Å². The Morgan fingerprint density at radius 2 is 1.81 bits per heavy atom. The second kappa shape index (κ2) is 4.82. The number of carbonyl (C=O) groups excluding carboxylic acids is 1. The highest BCUT2D eigenvalue weighted by atomic mass is 16.6. The van der Waals surface area contributed by atoms with Gasteiger partial charge in [-0.25, -0.2) is 9.59 Å². The van der Waals surface area contributed by atoms with Crippen molar-refractivity contribution in [3.05, 3.63) is 0 Å². The summed E-state index contributed by atoms with van der Waals surface area (Å²) in [5, 5.41) is 9.08. The highest BCUT2D eigenvalue weighted by Crippen LogP contribution is 2.22. The number of hydrogen-bond acceptors (Lipinski definition) is 4. The summed E-state index contributed by atoms with van der Waals surface area (Å²) in [5.41, 5.74) is 2.96. The maximum atomic E-state index is 11.8. The zero-order chi connectivity index (χ0) is 13.1. The Morgan fingerprint density at radius 1 is 1.38 bits per heavy atom. The second-order valence-electron chi connectivity index (χ2n) is 4.99. The molecule has 0 fully saturated rings. The van der Waals surface area contributed by atoms with Gasteiger partial charge < -0.3 is 15.6 Å². The summed E-state index contributed by atoms with van der Waals surface area (Å²) in [6.45, 7) is 8.41. The van der Waals surface area contributed by atoms with Crippen molar-refractivity contribution in [1.82, 2.24) is 0 Å². The van der Waals surface area contributed by atoms with Gasteiger partial charge in [0.05, 0.1) is 0 Å². The predicted octanol–water partition coefficient (Wildman–Crippen LogP) is 1.16. The highest BCUT2D eigenvalue weighted by Gasteiger charge is 2.49. The number of ether oxygens (including phenoxy) is 1. The molecule has 94 valence electrons. The van der Waals surface area contributed by atoms with Crippen molar-refractivity contribution in [3.8, 4) is 0 Å². The molecule has 0 radical (unpaired) electrons. The molecule has 0 unspecified atom stereocenters. The minimum Gasteiger partial charge on any atom is -0.479 e. The Hall–Kier alpha value is -1.10. The van der Waals surface area contributed by atoms with Crippen molar-refractivity contribution in [2.45, 2.75) is 52.2 Å². The molecule has 0 aliphatic rings. The molecule has 0 aromatic rings. The van der Waals surface area contributed by atoms with Crippen molar-refractivity contribution in [2.24, 2.45) is 11.7 Å². The van der Waals surface area contributed by atoms with Crippen LogP contribution in [0.1, 0.15) is 41.0 Å². The summed E-state index contributed by atoms with van der Waals surface area (Å²) in [6, 6.07) is 0. The fraction of sp³-hybridized carbons (Fsp3) is 0.818. The summed E-state index contributed by atoms with van der Waals surface area (Å²) >= 11 is 0. The normalized spacial score (nSPS) is 17.4. The molecule has 5 nitrogen and oxygen atoms in total. The molecule has 16 heavy (non-hydrogen) atoms. The van der Waals surface area contributed by atoms with Gasteiger partial charge in [-0.3, -0.25) is 0 Å². The van der Waals surface area contributed by atoms with Crippen LogP contribution >= 0.6 is 0 Å². The van der Waals surface area contributed by atoms with E-state index in [1.165, 1.54) is 0 Å². The zero-order valence-electron chi connectivity index (χ0n) is 10.5. The largest absolute Gasteiger partial charge is 0.479 e. The van der Waals surface area contributed by atoms with Gasteiger partial charge in [0, 0.05) is 0 Å².